The molecule has 8 nitrogen and oxygen atoms in total. The van der Waals surface area contributed by atoms with Crippen LogP contribution in [0.15, 0.2) is 391 Å². The van der Waals surface area contributed by atoms with Crippen molar-refractivity contribution in [2.45, 2.75) is 49.0 Å². The van der Waals surface area contributed by atoms with E-state index in [1.54, 1.807) is 39.3 Å². The smallest absolute Gasteiger partial charge is 0.492 e. The van der Waals surface area contributed by atoms with Gasteiger partial charge in [0.25, 0.3) is 0 Å². The summed E-state index contributed by atoms with van der Waals surface area (Å²) in [5.41, 5.74) is 19.0. The van der Waals surface area contributed by atoms with E-state index in [2.05, 4.69) is 332 Å². The van der Waals surface area contributed by atoms with Crippen molar-refractivity contribution < 1.29 is 415 Å². The number of halogens is 2. The second-order valence-electron chi connectivity index (χ2n) is 32.2. The summed E-state index contributed by atoms with van der Waals surface area (Å²) in [6.07, 6.45) is 0. The first kappa shape index (κ1) is 136. The summed E-state index contributed by atoms with van der Waals surface area (Å²) in [6, 6.07) is 131. The summed E-state index contributed by atoms with van der Waals surface area (Å²) in [5.74, 6) is 2.23. The number of fused-ring (bicyclic) bond motifs is 9. The van der Waals surface area contributed by atoms with E-state index >= 15 is 0 Å². The van der Waals surface area contributed by atoms with Gasteiger partial charge in [-0.15, -0.1) is 18.5 Å². The fourth-order valence-corrected chi connectivity index (χ4v) is 20.9. The van der Waals surface area contributed by atoms with Crippen LogP contribution in [0.4, 0.5) is 0 Å². The van der Waals surface area contributed by atoms with Gasteiger partial charge in [0, 0.05) is 436 Å². The van der Waals surface area contributed by atoms with E-state index in [-0.39, 0.29) is 410 Å². The SMILES string of the molecule is Brc1ccc2ccccc2c1-c1c(Br)ccc2ccccc12.C.COc1cccc(C)c1-c1c(P)ccc2ccccc12.COc1cccc(C)c1-c1c(P=O)ccc2ccccc12.COc1cccc(C)c1B(O)O.Cc1c(P=O)ccc2ccccc12.Cc1ccc2ccccc2c1-c1c(P)ccc2ccccc12.Cc1ccc2ccccc2c1-c1c(P=O)ccc2ccccc12.[Ar].[Ar].[Ar].[Ar].[Ar].[Ar].[Ar].[Ar].[Ar].[Ar]. The Morgan fingerprint density at radius 3 is 0.764 bits per heavy atom. The van der Waals surface area contributed by atoms with Crippen molar-refractivity contribution in [1.29, 1.82) is 0 Å². The van der Waals surface area contributed by atoms with Crippen molar-refractivity contribution >= 4 is 212 Å². The summed E-state index contributed by atoms with van der Waals surface area (Å²) < 4.78 is 52.5. The van der Waals surface area contributed by atoms with Crippen LogP contribution in [0.1, 0.15) is 40.8 Å². The van der Waals surface area contributed by atoms with E-state index in [1.807, 2.05) is 117 Å². The molecule has 0 fully saturated rings. The van der Waals surface area contributed by atoms with E-state index in [4.69, 9.17) is 24.3 Å². The van der Waals surface area contributed by atoms with Gasteiger partial charge in [-0.25, -0.2) is 0 Å². The van der Waals surface area contributed by atoms with Crippen LogP contribution >= 0.6 is 75.7 Å². The van der Waals surface area contributed by atoms with Gasteiger partial charge in [-0.3, -0.25) is 13.7 Å². The number of aryl methyl sites for hydroxylation is 6. The van der Waals surface area contributed by atoms with Gasteiger partial charge in [0.1, 0.15) is 17.2 Å². The third-order valence-corrected chi connectivity index (χ3v) is 28.3. The summed E-state index contributed by atoms with van der Waals surface area (Å²) in [6.45, 7) is 12.3. The van der Waals surface area contributed by atoms with Gasteiger partial charge in [-0.1, -0.05) is 373 Å². The molecular formula is C118H100Ar10BBr2O8P5. The van der Waals surface area contributed by atoms with Crippen LogP contribution in [0.25, 0.3) is 153 Å². The van der Waals surface area contributed by atoms with Crippen LogP contribution < -0.4 is 46.2 Å². The molecule has 0 spiro atoms. The molecule has 2 unspecified atom stereocenters. The molecule has 0 aliphatic carbocycles. The molecular weight excluding hydrogens is 2270 g/mol. The topological polar surface area (TPSA) is 119 Å². The Labute approximate surface area is 1170 Å². The van der Waals surface area contributed by atoms with Crippen molar-refractivity contribution in [3.05, 3.63) is 425 Å². The van der Waals surface area contributed by atoms with Gasteiger partial charge in [0.05, 0.1) is 31.9 Å². The van der Waals surface area contributed by atoms with E-state index in [1.165, 1.54) is 154 Å². The fourth-order valence-electron chi connectivity index (χ4n) is 17.7. The molecule has 21 aromatic rings. The molecule has 0 aliphatic rings. The first-order valence-corrected chi connectivity index (χ1v) is 48.6. The molecule has 0 amide bonds. The Bertz CT molecular complexity index is 7660. The van der Waals surface area contributed by atoms with Crippen LogP contribution in [0.2, 0.25) is 0 Å². The first-order valence-electron chi connectivity index (χ1n) is 43.4. The van der Waals surface area contributed by atoms with E-state index in [0.717, 1.165) is 85.9 Å². The van der Waals surface area contributed by atoms with Crippen LogP contribution in [0.5, 0.6) is 17.2 Å². The van der Waals surface area contributed by atoms with Crippen LogP contribution in [-0.2, 0) is 13.7 Å². The second kappa shape index (κ2) is 67.3. The number of hydrogen-bond acceptors (Lipinski definition) is 8. The zero-order valence-corrected chi connectivity index (χ0v) is 93.8. The van der Waals surface area contributed by atoms with Gasteiger partial charge in [-0.05, 0) is 248 Å². The Kier molecular flexibility index (Phi) is 63.8. The molecule has 0 bridgehead atoms. The third-order valence-electron chi connectivity index (χ3n) is 24.2. The van der Waals surface area contributed by atoms with Gasteiger partial charge >= 0.3 is 7.12 Å². The van der Waals surface area contributed by atoms with Gasteiger partial charge in [-0.2, -0.15) is 0 Å². The maximum atomic E-state index is 11.8. The second-order valence-corrected chi connectivity index (χ2v) is 37.1. The Balaban J connectivity index is 0.000000349. The van der Waals surface area contributed by atoms with Crippen molar-refractivity contribution in [3.8, 4) is 72.9 Å². The maximum Gasteiger partial charge on any atom is 0.492 e. The summed E-state index contributed by atoms with van der Waals surface area (Å²) in [7, 11) is 9.34. The zero-order chi connectivity index (χ0) is 93.3. The van der Waals surface area contributed by atoms with Crippen molar-refractivity contribution in [3.63, 3.8) is 0 Å². The number of ether oxygens (including phenoxy) is 3. The van der Waals surface area contributed by atoms with E-state index in [0.29, 0.717) is 11.2 Å². The molecule has 26 heteroatoms. The average Bonchev–Trinajstić information content (AvgIpc) is 0.755. The quantitative estimate of drug-likeness (QED) is 0.0917. The predicted octanol–water partition coefficient (Wildman–Crippen LogP) is 31.0. The molecule has 0 radical (unpaired) electrons. The minimum absolute atomic E-state index is 0. The molecule has 0 aliphatic heterocycles. The van der Waals surface area contributed by atoms with Crippen molar-refractivity contribution in [2.24, 2.45) is 0 Å². The fraction of sp³-hybridized carbons (Fsp3) is 0.0847. The zero-order valence-electron chi connectivity index (χ0n) is 78.6. The minimum Gasteiger partial charge on any atom is -0.497 e. The molecule has 742 valence electrons. The molecule has 2 N–H and O–H groups in total. The van der Waals surface area contributed by atoms with Crippen LogP contribution in [0.3, 0.4) is 0 Å². The molecule has 21 aromatic carbocycles. The molecule has 0 saturated heterocycles. The van der Waals surface area contributed by atoms with Crippen LogP contribution in [0, 0.1) is 419 Å². The van der Waals surface area contributed by atoms with E-state index in [9.17, 15) is 13.7 Å². The van der Waals surface area contributed by atoms with Gasteiger partial charge in [0.15, 0.2) is 25.4 Å². The number of benzene rings is 21. The summed E-state index contributed by atoms with van der Waals surface area (Å²) in [5, 5.41) is 45.0. The Hall–Kier alpha value is 0.0623. The number of rotatable bonds is 12. The molecule has 2 atom stereocenters. The normalized spacial score (nSPS) is 10.1. The van der Waals surface area contributed by atoms with E-state index < -0.39 is 7.12 Å². The molecule has 21 rings (SSSR count). The molecule has 0 heterocycles. The standard InChI is InChI=1S/C21H15OP.C21H17P.C20H12Br2.C18H15O2P.C18H17OP.C11H9OP.C8H11BO3.CH4.10Ar/c1-14-10-11-15-6-2-4-8-17(15)20(14)21-18-9-5-3-7-16(18)12-13-19(21)23-22;1-14-10-11-15-6-2-4-8-17(15)20(14)21-18-9-5-3-7-16(18)12-13-19(21)22;21-17-11-9-13-5-1-3-7-15(13)19(17)20-16-8-4-2-6-14(16)10-12-18(20)22;1-12-6-5-9-15(20-2)17(12)18-14-8-4-3-7-13(14)10-11-16(18)21-19;1-12-6-5-9-15(19-2)17(12)18-14-8-4-3-7-13(14)10-11-16(18)20;1-8-10-5-3-2-4-9(10)6-7-11(8)13-12;1-6-4-3-5-7(12-2)8(6)9(10)11;;;;;;;;;;;/h2-13H,1H3;2-13H,22H2,1H3;1-12H;3-11H,1-2H3;3-11H,20H2,1-2H3;2-7H,1H3;3-5,10-11H,1-2H3;1H4;;;;;;;;;;. The van der Waals surface area contributed by atoms with Crippen LogP contribution in [-0.4, -0.2) is 38.5 Å². The Morgan fingerprint density at radius 2 is 0.451 bits per heavy atom. The Morgan fingerprint density at radius 1 is 0.229 bits per heavy atom. The third kappa shape index (κ3) is 32.7. The average molecular weight is 2370 g/mol. The predicted molar refractivity (Wildman–Crippen MR) is 590 cm³/mol. The minimum atomic E-state index is -1.47. The molecule has 144 heavy (non-hydrogen) atoms. The van der Waals surface area contributed by atoms with Crippen molar-refractivity contribution in [1.82, 2.24) is 0 Å². The summed E-state index contributed by atoms with van der Waals surface area (Å²) >= 11 is 7.51. The first-order chi connectivity index (χ1) is 64.8. The monoisotopic (exact) mass is 2370 g/mol. The number of methoxy groups -OCH3 is 3. The van der Waals surface area contributed by atoms with Gasteiger partial charge in [0.2, 0.25) is 0 Å². The maximum absolute atomic E-state index is 11.8. The largest absolute Gasteiger partial charge is 0.497 e. The molecule has 0 saturated carbocycles. The van der Waals surface area contributed by atoms with Crippen molar-refractivity contribution in [2.75, 3.05) is 21.3 Å². The number of hydrogen-bond donors (Lipinski definition) is 2. The summed E-state index contributed by atoms with van der Waals surface area (Å²) in [4.78, 5) is 0. The van der Waals surface area contributed by atoms with Gasteiger partial charge < -0.3 is 24.3 Å². The molecule has 0 aromatic heterocycles.